The van der Waals surface area contributed by atoms with Crippen LogP contribution in [-0.2, 0) is 6.54 Å². The van der Waals surface area contributed by atoms with Gasteiger partial charge >= 0.3 is 0 Å². The maximum atomic E-state index is 6.06. The predicted molar refractivity (Wildman–Crippen MR) is 56.7 cm³/mol. The minimum absolute atomic E-state index is 0.679. The molecule has 1 aromatic carbocycles. The molecule has 13 heavy (non-hydrogen) atoms. The van der Waals surface area contributed by atoms with Gasteiger partial charge in [0.05, 0.1) is 0 Å². The van der Waals surface area contributed by atoms with E-state index in [4.69, 9.17) is 23.2 Å². The molecule has 1 aromatic rings. The van der Waals surface area contributed by atoms with Crippen LogP contribution in [0.3, 0.4) is 0 Å². The monoisotopic (exact) mass is 216 g/mol. The highest BCUT2D eigenvalue weighted by molar-refractivity contribution is 6.35. The van der Waals surface area contributed by atoms with Crippen molar-refractivity contribution in [3.8, 4) is 0 Å². The zero-order chi connectivity index (χ0) is 9.26. The fourth-order valence-corrected chi connectivity index (χ4v) is 2.00. The average molecular weight is 217 g/mol. The van der Waals surface area contributed by atoms with Gasteiger partial charge in [-0.1, -0.05) is 23.2 Å². The fourth-order valence-electron chi connectivity index (χ4n) is 1.44. The second kappa shape index (κ2) is 3.74. The number of rotatable bonds is 0. The van der Waals surface area contributed by atoms with Crippen molar-refractivity contribution in [3.05, 3.63) is 27.7 Å². The Morgan fingerprint density at radius 2 is 2.00 bits per heavy atom. The van der Waals surface area contributed by atoms with E-state index in [1.807, 2.05) is 6.07 Å². The molecule has 0 saturated heterocycles. The van der Waals surface area contributed by atoms with E-state index in [0.717, 1.165) is 35.9 Å². The fraction of sp³-hybridized carbons (Fsp3) is 0.333. The lowest BCUT2D eigenvalue weighted by atomic mass is 10.2. The molecule has 4 heteroatoms. The summed E-state index contributed by atoms with van der Waals surface area (Å²) in [4.78, 5) is 0. The summed E-state index contributed by atoms with van der Waals surface area (Å²) in [5, 5.41) is 7.95. The van der Waals surface area contributed by atoms with Crippen LogP contribution in [0.15, 0.2) is 12.1 Å². The van der Waals surface area contributed by atoms with Crippen LogP contribution in [0.2, 0.25) is 10.0 Å². The van der Waals surface area contributed by atoms with Crippen molar-refractivity contribution < 1.29 is 0 Å². The summed E-state index contributed by atoms with van der Waals surface area (Å²) in [6, 6.07) is 3.69. The maximum absolute atomic E-state index is 6.06. The van der Waals surface area contributed by atoms with Crippen molar-refractivity contribution >= 4 is 28.9 Å². The van der Waals surface area contributed by atoms with Crippen molar-refractivity contribution in [2.45, 2.75) is 6.54 Å². The lowest BCUT2D eigenvalue weighted by Gasteiger charge is -2.09. The zero-order valence-electron chi connectivity index (χ0n) is 7.03. The molecule has 0 fully saturated rings. The summed E-state index contributed by atoms with van der Waals surface area (Å²) in [5.74, 6) is 0. The summed E-state index contributed by atoms with van der Waals surface area (Å²) < 4.78 is 0. The molecule has 0 radical (unpaired) electrons. The van der Waals surface area contributed by atoms with Gasteiger partial charge in [-0.3, -0.25) is 0 Å². The molecular formula is C9H10Cl2N2. The number of anilines is 1. The molecule has 0 aromatic heterocycles. The Kier molecular flexibility index (Phi) is 2.63. The molecular weight excluding hydrogens is 207 g/mol. The third-order valence-corrected chi connectivity index (χ3v) is 2.63. The largest absolute Gasteiger partial charge is 0.383 e. The molecule has 1 heterocycles. The molecule has 0 aliphatic carbocycles. The Morgan fingerprint density at radius 1 is 1.15 bits per heavy atom. The van der Waals surface area contributed by atoms with Gasteiger partial charge in [0.2, 0.25) is 0 Å². The van der Waals surface area contributed by atoms with Crippen molar-refractivity contribution in [3.63, 3.8) is 0 Å². The highest BCUT2D eigenvalue weighted by Gasteiger charge is 2.10. The lowest BCUT2D eigenvalue weighted by molar-refractivity contribution is 0.725. The van der Waals surface area contributed by atoms with E-state index in [-0.39, 0.29) is 0 Å². The van der Waals surface area contributed by atoms with E-state index >= 15 is 0 Å². The van der Waals surface area contributed by atoms with Crippen LogP contribution in [0.1, 0.15) is 5.56 Å². The summed E-state index contributed by atoms with van der Waals surface area (Å²) in [6.07, 6.45) is 0. The Morgan fingerprint density at radius 3 is 2.85 bits per heavy atom. The van der Waals surface area contributed by atoms with Gasteiger partial charge < -0.3 is 10.6 Å². The molecule has 1 aliphatic rings. The summed E-state index contributed by atoms with van der Waals surface area (Å²) in [7, 11) is 0. The first kappa shape index (κ1) is 9.13. The first-order chi connectivity index (χ1) is 6.27. The molecule has 0 bridgehead atoms. The van der Waals surface area contributed by atoms with Crippen molar-refractivity contribution in [1.82, 2.24) is 5.32 Å². The average Bonchev–Trinajstić information content (AvgIpc) is 2.28. The first-order valence-electron chi connectivity index (χ1n) is 4.20. The first-order valence-corrected chi connectivity index (χ1v) is 4.95. The number of fused-ring (bicyclic) bond motifs is 1. The van der Waals surface area contributed by atoms with Crippen LogP contribution in [0.4, 0.5) is 5.69 Å². The van der Waals surface area contributed by atoms with E-state index in [2.05, 4.69) is 10.6 Å². The van der Waals surface area contributed by atoms with E-state index in [0.29, 0.717) is 5.02 Å². The molecule has 0 atom stereocenters. The Balaban J connectivity index is 2.47. The van der Waals surface area contributed by atoms with Crippen molar-refractivity contribution in [2.75, 3.05) is 18.4 Å². The predicted octanol–water partition coefficient (Wildman–Crippen LogP) is 2.51. The molecule has 70 valence electrons. The molecule has 1 aliphatic heterocycles. The van der Waals surface area contributed by atoms with Gasteiger partial charge in [0.25, 0.3) is 0 Å². The minimum atomic E-state index is 0.679. The van der Waals surface area contributed by atoms with Gasteiger partial charge in [0.1, 0.15) is 0 Å². The van der Waals surface area contributed by atoms with Crippen LogP contribution >= 0.6 is 23.2 Å². The zero-order valence-corrected chi connectivity index (χ0v) is 8.54. The molecule has 2 N–H and O–H groups in total. The van der Waals surface area contributed by atoms with Crippen molar-refractivity contribution in [2.24, 2.45) is 0 Å². The summed E-state index contributed by atoms with van der Waals surface area (Å²) >= 11 is 11.9. The number of benzene rings is 1. The Bertz CT molecular complexity index is 326. The number of halogens is 2. The normalized spacial score (nSPS) is 15.8. The van der Waals surface area contributed by atoms with E-state index < -0.39 is 0 Å². The third-order valence-electron chi connectivity index (χ3n) is 2.08. The molecule has 0 unspecified atom stereocenters. The highest BCUT2D eigenvalue weighted by atomic mass is 35.5. The van der Waals surface area contributed by atoms with Gasteiger partial charge in [-0.05, 0) is 12.1 Å². The molecule has 0 spiro atoms. The maximum Gasteiger partial charge on any atom is 0.0486 e. The second-order valence-electron chi connectivity index (χ2n) is 3.02. The quantitative estimate of drug-likeness (QED) is 0.697. The second-order valence-corrected chi connectivity index (χ2v) is 3.86. The van der Waals surface area contributed by atoms with Crippen LogP contribution in [0, 0.1) is 0 Å². The Hall–Kier alpha value is -0.440. The van der Waals surface area contributed by atoms with Crippen LogP contribution in [-0.4, -0.2) is 13.1 Å². The van der Waals surface area contributed by atoms with Crippen LogP contribution in [0.5, 0.6) is 0 Å². The van der Waals surface area contributed by atoms with E-state index in [1.165, 1.54) is 0 Å². The summed E-state index contributed by atoms with van der Waals surface area (Å²) in [6.45, 7) is 2.66. The minimum Gasteiger partial charge on any atom is -0.383 e. The lowest BCUT2D eigenvalue weighted by Crippen LogP contribution is -2.16. The number of nitrogens with one attached hydrogen (secondary N) is 2. The van der Waals surface area contributed by atoms with Gasteiger partial charge in [0, 0.05) is 40.9 Å². The SMILES string of the molecule is Clc1cc(Cl)c2c(c1)NCCNC2. The highest BCUT2D eigenvalue weighted by Crippen LogP contribution is 2.29. The number of hydrogen-bond acceptors (Lipinski definition) is 2. The van der Waals surface area contributed by atoms with Gasteiger partial charge in [-0.25, -0.2) is 0 Å². The topological polar surface area (TPSA) is 24.1 Å². The van der Waals surface area contributed by atoms with E-state index in [1.54, 1.807) is 6.07 Å². The van der Waals surface area contributed by atoms with Gasteiger partial charge in [0.15, 0.2) is 0 Å². The van der Waals surface area contributed by atoms with Crippen molar-refractivity contribution in [1.29, 1.82) is 0 Å². The van der Waals surface area contributed by atoms with Crippen LogP contribution < -0.4 is 10.6 Å². The summed E-state index contributed by atoms with van der Waals surface area (Å²) in [5.41, 5.74) is 2.14. The van der Waals surface area contributed by atoms with Gasteiger partial charge in [-0.15, -0.1) is 0 Å². The Labute approximate surface area is 87.2 Å². The molecule has 0 amide bonds. The standard InChI is InChI=1S/C9H10Cl2N2/c10-6-3-8(11)7-5-12-1-2-13-9(7)4-6/h3-4,12-13H,1-2,5H2. The van der Waals surface area contributed by atoms with Crippen LogP contribution in [0.25, 0.3) is 0 Å². The molecule has 2 rings (SSSR count). The van der Waals surface area contributed by atoms with E-state index in [9.17, 15) is 0 Å². The number of hydrogen-bond donors (Lipinski definition) is 2. The molecule has 2 nitrogen and oxygen atoms in total. The molecule has 0 saturated carbocycles. The smallest absolute Gasteiger partial charge is 0.0486 e. The van der Waals surface area contributed by atoms with Gasteiger partial charge in [-0.2, -0.15) is 0 Å². The third kappa shape index (κ3) is 1.90.